The van der Waals surface area contributed by atoms with E-state index in [1.165, 1.54) is 25.7 Å². The van der Waals surface area contributed by atoms with Crippen LogP contribution in [0.15, 0.2) is 24.3 Å². The second-order valence-electron chi connectivity index (χ2n) is 5.11. The standard InChI is InChI=1S/C15H22N2O2/c16-12-7-9-14(10-8-12)19-11-15(18)17-13-5-3-1-2-4-6-13/h7-10,13H,1-6,11,16H2,(H,17,18). The minimum atomic E-state index is -0.0382. The van der Waals surface area contributed by atoms with Crippen molar-refractivity contribution in [2.24, 2.45) is 0 Å². The summed E-state index contributed by atoms with van der Waals surface area (Å²) in [6.45, 7) is 0.0699. The number of anilines is 1. The molecule has 1 fully saturated rings. The van der Waals surface area contributed by atoms with Crippen LogP contribution < -0.4 is 15.8 Å². The van der Waals surface area contributed by atoms with Gasteiger partial charge in [0.1, 0.15) is 5.75 Å². The Hall–Kier alpha value is -1.71. The van der Waals surface area contributed by atoms with Crippen LogP contribution in [0.2, 0.25) is 0 Å². The van der Waals surface area contributed by atoms with Gasteiger partial charge in [-0.3, -0.25) is 4.79 Å². The summed E-state index contributed by atoms with van der Waals surface area (Å²) in [6.07, 6.45) is 7.18. The lowest BCUT2D eigenvalue weighted by molar-refractivity contribution is -0.123. The predicted molar refractivity (Wildman–Crippen MR) is 76.0 cm³/mol. The molecule has 0 bridgehead atoms. The average Bonchev–Trinajstić information content (AvgIpc) is 2.67. The highest BCUT2D eigenvalue weighted by atomic mass is 16.5. The smallest absolute Gasteiger partial charge is 0.258 e. The summed E-state index contributed by atoms with van der Waals surface area (Å²) in [4.78, 5) is 11.8. The number of carbonyl (C=O) groups excluding carboxylic acids is 1. The molecule has 1 aromatic carbocycles. The molecule has 0 unspecified atom stereocenters. The van der Waals surface area contributed by atoms with Gasteiger partial charge in [0.25, 0.3) is 5.91 Å². The maximum Gasteiger partial charge on any atom is 0.258 e. The molecule has 3 N–H and O–H groups in total. The van der Waals surface area contributed by atoms with E-state index >= 15 is 0 Å². The Labute approximate surface area is 114 Å². The number of rotatable bonds is 4. The van der Waals surface area contributed by atoms with E-state index in [1.807, 2.05) is 0 Å². The van der Waals surface area contributed by atoms with Crippen molar-refractivity contribution < 1.29 is 9.53 Å². The molecular weight excluding hydrogens is 240 g/mol. The highest BCUT2D eigenvalue weighted by Gasteiger charge is 2.14. The zero-order valence-electron chi connectivity index (χ0n) is 11.2. The summed E-state index contributed by atoms with van der Waals surface area (Å²) >= 11 is 0. The van der Waals surface area contributed by atoms with Crippen LogP contribution >= 0.6 is 0 Å². The number of ether oxygens (including phenoxy) is 1. The lowest BCUT2D eigenvalue weighted by Gasteiger charge is -2.16. The molecular formula is C15H22N2O2. The van der Waals surface area contributed by atoms with Crippen LogP contribution in [0.5, 0.6) is 5.75 Å². The van der Waals surface area contributed by atoms with Crippen molar-refractivity contribution in [2.75, 3.05) is 12.3 Å². The molecule has 0 aromatic heterocycles. The van der Waals surface area contributed by atoms with Crippen LogP contribution in [0.25, 0.3) is 0 Å². The first kappa shape index (κ1) is 13.7. The fourth-order valence-corrected chi connectivity index (χ4v) is 2.41. The normalized spacial score (nSPS) is 16.6. The van der Waals surface area contributed by atoms with Gasteiger partial charge in [-0.2, -0.15) is 0 Å². The van der Waals surface area contributed by atoms with Crippen molar-refractivity contribution in [3.05, 3.63) is 24.3 Å². The number of nitrogens with one attached hydrogen (secondary N) is 1. The summed E-state index contributed by atoms with van der Waals surface area (Å²) < 4.78 is 5.43. The summed E-state index contributed by atoms with van der Waals surface area (Å²) in [5.41, 5.74) is 6.28. The number of nitrogens with two attached hydrogens (primary N) is 1. The van der Waals surface area contributed by atoms with Crippen molar-refractivity contribution in [1.82, 2.24) is 5.32 Å². The van der Waals surface area contributed by atoms with Crippen LogP contribution in [0, 0.1) is 0 Å². The molecule has 104 valence electrons. The van der Waals surface area contributed by atoms with Gasteiger partial charge >= 0.3 is 0 Å². The molecule has 1 aliphatic rings. The molecule has 4 nitrogen and oxygen atoms in total. The molecule has 0 saturated heterocycles. The highest BCUT2D eigenvalue weighted by Crippen LogP contribution is 2.17. The summed E-state index contributed by atoms with van der Waals surface area (Å²) in [6, 6.07) is 7.39. The van der Waals surface area contributed by atoms with Gasteiger partial charge in [0.15, 0.2) is 6.61 Å². The fraction of sp³-hybridized carbons (Fsp3) is 0.533. The molecule has 0 aliphatic heterocycles. The van der Waals surface area contributed by atoms with E-state index in [0.29, 0.717) is 17.5 Å². The first-order valence-electron chi connectivity index (χ1n) is 7.02. The molecule has 1 aromatic rings. The molecule has 4 heteroatoms. The molecule has 19 heavy (non-hydrogen) atoms. The zero-order valence-corrected chi connectivity index (χ0v) is 11.2. The largest absolute Gasteiger partial charge is 0.484 e. The van der Waals surface area contributed by atoms with Crippen LogP contribution in [0.3, 0.4) is 0 Å². The summed E-state index contributed by atoms with van der Waals surface area (Å²) in [5.74, 6) is 0.633. The predicted octanol–water partition coefficient (Wildman–Crippen LogP) is 2.49. The summed E-state index contributed by atoms with van der Waals surface area (Å²) in [7, 11) is 0. The highest BCUT2D eigenvalue weighted by molar-refractivity contribution is 5.77. The van der Waals surface area contributed by atoms with E-state index in [1.54, 1.807) is 24.3 Å². The second kappa shape index (κ2) is 7.02. The van der Waals surface area contributed by atoms with E-state index in [-0.39, 0.29) is 12.5 Å². The minimum absolute atomic E-state index is 0.0382. The van der Waals surface area contributed by atoms with Crippen LogP contribution in [0.1, 0.15) is 38.5 Å². The van der Waals surface area contributed by atoms with Crippen molar-refractivity contribution in [2.45, 2.75) is 44.6 Å². The Kier molecular flexibility index (Phi) is 5.07. The van der Waals surface area contributed by atoms with Crippen molar-refractivity contribution in [3.8, 4) is 5.75 Å². The van der Waals surface area contributed by atoms with Gasteiger partial charge in [0, 0.05) is 11.7 Å². The van der Waals surface area contributed by atoms with Crippen molar-refractivity contribution >= 4 is 11.6 Å². The number of hydrogen-bond acceptors (Lipinski definition) is 3. The van der Waals surface area contributed by atoms with Crippen molar-refractivity contribution in [3.63, 3.8) is 0 Å². The number of carbonyl (C=O) groups is 1. The van der Waals surface area contributed by atoms with Gasteiger partial charge in [-0.25, -0.2) is 0 Å². The third-order valence-corrected chi connectivity index (χ3v) is 3.47. The van der Waals surface area contributed by atoms with Crippen LogP contribution in [-0.4, -0.2) is 18.6 Å². The second-order valence-corrected chi connectivity index (χ2v) is 5.11. The Balaban J connectivity index is 1.73. The maximum atomic E-state index is 11.8. The molecule has 0 radical (unpaired) electrons. The quantitative estimate of drug-likeness (QED) is 0.647. The first-order valence-corrected chi connectivity index (χ1v) is 7.02. The average molecular weight is 262 g/mol. The minimum Gasteiger partial charge on any atom is -0.484 e. The first-order chi connectivity index (χ1) is 9.24. The fourth-order valence-electron chi connectivity index (χ4n) is 2.41. The Bertz CT molecular complexity index is 395. The SMILES string of the molecule is Nc1ccc(OCC(=O)NC2CCCCCC2)cc1. The molecule has 0 spiro atoms. The van der Waals surface area contributed by atoms with E-state index in [9.17, 15) is 4.79 Å². The number of hydrogen-bond donors (Lipinski definition) is 2. The van der Waals surface area contributed by atoms with Crippen molar-refractivity contribution in [1.29, 1.82) is 0 Å². The maximum absolute atomic E-state index is 11.8. The lowest BCUT2D eigenvalue weighted by atomic mass is 10.1. The Morgan fingerprint density at radius 2 is 1.79 bits per heavy atom. The summed E-state index contributed by atoms with van der Waals surface area (Å²) in [5, 5.41) is 3.05. The van der Waals surface area contributed by atoms with Gasteiger partial charge in [-0.15, -0.1) is 0 Å². The van der Waals surface area contributed by atoms with Gasteiger partial charge in [-0.1, -0.05) is 25.7 Å². The van der Waals surface area contributed by atoms with E-state index in [4.69, 9.17) is 10.5 Å². The lowest BCUT2D eigenvalue weighted by Crippen LogP contribution is -2.37. The molecule has 1 amide bonds. The molecule has 2 rings (SSSR count). The number of nitrogen functional groups attached to an aromatic ring is 1. The van der Waals surface area contributed by atoms with E-state index in [0.717, 1.165) is 12.8 Å². The molecule has 1 saturated carbocycles. The number of amides is 1. The topological polar surface area (TPSA) is 64.3 Å². The zero-order chi connectivity index (χ0) is 13.5. The van der Waals surface area contributed by atoms with Crippen LogP contribution in [-0.2, 0) is 4.79 Å². The van der Waals surface area contributed by atoms with E-state index < -0.39 is 0 Å². The molecule has 0 atom stereocenters. The van der Waals surface area contributed by atoms with E-state index in [2.05, 4.69) is 5.32 Å². The molecule has 1 aliphatic carbocycles. The monoisotopic (exact) mass is 262 g/mol. The van der Waals surface area contributed by atoms with Gasteiger partial charge in [0.05, 0.1) is 0 Å². The van der Waals surface area contributed by atoms with Gasteiger partial charge < -0.3 is 15.8 Å². The third-order valence-electron chi connectivity index (χ3n) is 3.47. The third kappa shape index (κ3) is 4.81. The number of benzene rings is 1. The van der Waals surface area contributed by atoms with Crippen LogP contribution in [0.4, 0.5) is 5.69 Å². The Morgan fingerprint density at radius 1 is 1.16 bits per heavy atom. The Morgan fingerprint density at radius 3 is 2.42 bits per heavy atom. The molecule has 0 heterocycles. The van der Waals surface area contributed by atoms with Gasteiger partial charge in [0.2, 0.25) is 0 Å². The van der Waals surface area contributed by atoms with Gasteiger partial charge in [-0.05, 0) is 37.1 Å².